The number of ketones is 1. The Kier molecular flexibility index (Phi) is 4.17. The van der Waals surface area contributed by atoms with Crippen molar-refractivity contribution in [1.29, 1.82) is 0 Å². The number of hydrogen-bond donors (Lipinski definition) is 0. The van der Waals surface area contributed by atoms with Crippen LogP contribution in [0, 0.1) is 11.7 Å². The van der Waals surface area contributed by atoms with Crippen LogP contribution in [0.15, 0.2) is 24.3 Å². The zero-order valence-corrected chi connectivity index (χ0v) is 9.20. The van der Waals surface area contributed by atoms with Crippen LogP contribution in [0.2, 0.25) is 0 Å². The summed E-state index contributed by atoms with van der Waals surface area (Å²) in [6.07, 6.45) is 0.335. The summed E-state index contributed by atoms with van der Waals surface area (Å²) in [5.74, 6) is -2.34. The number of Topliss-reactive ketones (excluding diaryl/α,β-unsaturated/α-hetero) is 1. The molecule has 86 valence electrons. The lowest BCUT2D eigenvalue weighted by atomic mass is 9.95. The first-order valence-electron chi connectivity index (χ1n) is 4.97. The summed E-state index contributed by atoms with van der Waals surface area (Å²) >= 11 is 0. The maximum atomic E-state index is 12.9. The first-order chi connectivity index (χ1) is 7.60. The number of carbonyl (C=O) groups excluding carboxylic acids is 2. The van der Waals surface area contributed by atoms with Gasteiger partial charge in [-0.2, -0.15) is 0 Å². The highest BCUT2D eigenvalue weighted by Crippen LogP contribution is 2.14. The van der Waals surface area contributed by atoms with Gasteiger partial charge >= 0.3 is 5.97 Å². The Morgan fingerprint density at radius 1 is 1.44 bits per heavy atom. The zero-order chi connectivity index (χ0) is 12.1. The fourth-order valence-corrected chi connectivity index (χ4v) is 1.44. The largest absolute Gasteiger partial charge is 0.468 e. The normalized spacial score (nSPS) is 11.9. The van der Waals surface area contributed by atoms with Crippen molar-refractivity contribution in [2.24, 2.45) is 5.92 Å². The molecule has 0 N–H and O–H groups in total. The molecule has 16 heavy (non-hydrogen) atoms. The summed E-state index contributed by atoms with van der Waals surface area (Å²) < 4.78 is 17.4. The third-order valence-corrected chi connectivity index (χ3v) is 2.32. The second-order valence-electron chi connectivity index (χ2n) is 3.36. The van der Waals surface area contributed by atoms with E-state index in [0.29, 0.717) is 6.42 Å². The van der Waals surface area contributed by atoms with Crippen molar-refractivity contribution in [2.75, 3.05) is 7.11 Å². The molecule has 1 aromatic carbocycles. The molecule has 0 heterocycles. The van der Waals surface area contributed by atoms with Gasteiger partial charge in [-0.05, 0) is 18.6 Å². The zero-order valence-electron chi connectivity index (χ0n) is 9.20. The molecular weight excluding hydrogens is 211 g/mol. The number of carbonyl (C=O) groups is 2. The van der Waals surface area contributed by atoms with E-state index >= 15 is 0 Å². The first-order valence-corrected chi connectivity index (χ1v) is 4.97. The Morgan fingerprint density at radius 2 is 2.12 bits per heavy atom. The van der Waals surface area contributed by atoms with Crippen LogP contribution in [0.1, 0.15) is 23.7 Å². The van der Waals surface area contributed by atoms with Crippen molar-refractivity contribution in [3.8, 4) is 0 Å². The summed E-state index contributed by atoms with van der Waals surface area (Å²) in [5, 5.41) is 0. The Balaban J connectivity index is 2.95. The lowest BCUT2D eigenvalue weighted by molar-refractivity contribution is -0.143. The van der Waals surface area contributed by atoms with Crippen LogP contribution in [0.25, 0.3) is 0 Å². The number of esters is 1. The van der Waals surface area contributed by atoms with Crippen molar-refractivity contribution in [3.05, 3.63) is 35.6 Å². The van der Waals surface area contributed by atoms with E-state index in [-0.39, 0.29) is 5.56 Å². The monoisotopic (exact) mass is 224 g/mol. The van der Waals surface area contributed by atoms with E-state index in [1.807, 2.05) is 0 Å². The van der Waals surface area contributed by atoms with Gasteiger partial charge in [-0.25, -0.2) is 4.39 Å². The Labute approximate surface area is 93.2 Å². The van der Waals surface area contributed by atoms with Crippen molar-refractivity contribution < 1.29 is 18.7 Å². The maximum absolute atomic E-state index is 12.9. The van der Waals surface area contributed by atoms with Gasteiger partial charge in [-0.3, -0.25) is 9.59 Å². The molecule has 0 saturated heterocycles. The molecule has 0 bridgehead atoms. The molecule has 0 fully saturated rings. The second kappa shape index (κ2) is 5.39. The quantitative estimate of drug-likeness (QED) is 0.447. The van der Waals surface area contributed by atoms with Crippen LogP contribution in [0.5, 0.6) is 0 Å². The molecule has 0 spiro atoms. The minimum atomic E-state index is -0.855. The van der Waals surface area contributed by atoms with E-state index < -0.39 is 23.5 Å². The fraction of sp³-hybridized carbons (Fsp3) is 0.333. The van der Waals surface area contributed by atoms with Crippen molar-refractivity contribution in [2.45, 2.75) is 13.3 Å². The molecule has 0 radical (unpaired) electrons. The van der Waals surface area contributed by atoms with Gasteiger partial charge < -0.3 is 4.74 Å². The highest BCUT2D eigenvalue weighted by atomic mass is 19.1. The highest BCUT2D eigenvalue weighted by Gasteiger charge is 2.26. The van der Waals surface area contributed by atoms with Gasteiger partial charge in [0.15, 0.2) is 5.78 Å². The minimum Gasteiger partial charge on any atom is -0.468 e. The van der Waals surface area contributed by atoms with E-state index in [1.165, 1.54) is 25.3 Å². The van der Waals surface area contributed by atoms with Gasteiger partial charge in [0.25, 0.3) is 0 Å². The second-order valence-corrected chi connectivity index (χ2v) is 3.36. The molecule has 0 aliphatic rings. The third kappa shape index (κ3) is 2.66. The van der Waals surface area contributed by atoms with E-state index in [0.717, 1.165) is 6.07 Å². The molecule has 1 atom stereocenters. The van der Waals surface area contributed by atoms with Gasteiger partial charge in [0.05, 0.1) is 7.11 Å². The van der Waals surface area contributed by atoms with Crippen molar-refractivity contribution >= 4 is 11.8 Å². The number of methoxy groups -OCH3 is 1. The Bertz CT molecular complexity index is 401. The average molecular weight is 224 g/mol. The topological polar surface area (TPSA) is 43.4 Å². The summed E-state index contributed by atoms with van der Waals surface area (Å²) in [6.45, 7) is 1.71. The van der Waals surface area contributed by atoms with Gasteiger partial charge in [-0.1, -0.05) is 19.1 Å². The first kappa shape index (κ1) is 12.4. The standard InChI is InChI=1S/C12H13FO3/c1-3-10(12(15)16-2)11(14)8-5-4-6-9(13)7-8/h4-7,10H,3H2,1-2H3. The molecule has 0 amide bonds. The van der Waals surface area contributed by atoms with Crippen LogP contribution in [0.3, 0.4) is 0 Å². The summed E-state index contributed by atoms with van der Waals surface area (Å²) in [4.78, 5) is 23.2. The molecule has 1 unspecified atom stereocenters. The number of halogens is 1. The van der Waals surface area contributed by atoms with Gasteiger partial charge in [0.2, 0.25) is 0 Å². The lowest BCUT2D eigenvalue weighted by Gasteiger charge is -2.10. The van der Waals surface area contributed by atoms with E-state index in [2.05, 4.69) is 4.74 Å². The van der Waals surface area contributed by atoms with Gasteiger partial charge in [-0.15, -0.1) is 0 Å². The van der Waals surface area contributed by atoms with Gasteiger partial charge in [0, 0.05) is 5.56 Å². The predicted octanol–water partition coefficient (Wildman–Crippen LogP) is 2.21. The number of rotatable bonds is 4. The molecular formula is C12H13FO3. The maximum Gasteiger partial charge on any atom is 0.316 e. The number of hydrogen-bond acceptors (Lipinski definition) is 3. The molecule has 0 aliphatic heterocycles. The number of ether oxygens (including phenoxy) is 1. The molecule has 0 aromatic heterocycles. The SMILES string of the molecule is CCC(C(=O)OC)C(=O)c1cccc(F)c1. The highest BCUT2D eigenvalue weighted by molar-refractivity contribution is 6.08. The van der Waals surface area contributed by atoms with E-state index in [9.17, 15) is 14.0 Å². The molecule has 3 nitrogen and oxygen atoms in total. The van der Waals surface area contributed by atoms with Crippen molar-refractivity contribution in [1.82, 2.24) is 0 Å². The van der Waals surface area contributed by atoms with Crippen LogP contribution >= 0.6 is 0 Å². The fourth-order valence-electron chi connectivity index (χ4n) is 1.44. The third-order valence-electron chi connectivity index (χ3n) is 2.32. The summed E-state index contributed by atoms with van der Waals surface area (Å²) in [7, 11) is 1.23. The minimum absolute atomic E-state index is 0.192. The van der Waals surface area contributed by atoms with Crippen molar-refractivity contribution in [3.63, 3.8) is 0 Å². The Morgan fingerprint density at radius 3 is 2.62 bits per heavy atom. The van der Waals surface area contributed by atoms with E-state index in [1.54, 1.807) is 6.92 Å². The van der Waals surface area contributed by atoms with Crippen LogP contribution in [-0.4, -0.2) is 18.9 Å². The van der Waals surface area contributed by atoms with E-state index in [4.69, 9.17) is 0 Å². The van der Waals surface area contributed by atoms with Crippen LogP contribution in [0.4, 0.5) is 4.39 Å². The Hall–Kier alpha value is -1.71. The smallest absolute Gasteiger partial charge is 0.316 e. The molecule has 1 rings (SSSR count). The lowest BCUT2D eigenvalue weighted by Crippen LogP contribution is -2.24. The molecule has 0 saturated carbocycles. The molecule has 4 heteroatoms. The average Bonchev–Trinajstić information content (AvgIpc) is 2.29. The van der Waals surface area contributed by atoms with Crippen LogP contribution < -0.4 is 0 Å². The summed E-state index contributed by atoms with van der Waals surface area (Å²) in [6, 6.07) is 5.29. The molecule has 0 aliphatic carbocycles. The van der Waals surface area contributed by atoms with Crippen LogP contribution in [-0.2, 0) is 9.53 Å². The van der Waals surface area contributed by atoms with Gasteiger partial charge in [0.1, 0.15) is 11.7 Å². The predicted molar refractivity (Wildman–Crippen MR) is 56.5 cm³/mol. The number of benzene rings is 1. The summed E-state index contributed by atoms with van der Waals surface area (Å²) in [5.41, 5.74) is 0.192. The molecule has 1 aromatic rings.